The van der Waals surface area contributed by atoms with E-state index in [1.807, 2.05) is 7.05 Å². The monoisotopic (exact) mass is 350 g/mol. The lowest BCUT2D eigenvalue weighted by atomic mass is 10.1. The molecule has 1 saturated heterocycles. The third-order valence-corrected chi connectivity index (χ3v) is 5.65. The molecule has 2 rings (SSSR count). The van der Waals surface area contributed by atoms with Crippen molar-refractivity contribution in [3.05, 3.63) is 18.2 Å². The number of sulfonamides is 1. The predicted octanol–water partition coefficient (Wildman–Crippen LogP) is 1.36. The highest BCUT2D eigenvalue weighted by Crippen LogP contribution is 2.36. The standard InChI is InChI=1S/C14H22N2O4S.ClH/c1-15-9-11-7-8-16(10-11)21(17,18)14-12(19-2)5-4-6-13(14)20-3;/h4-6,11,15H,7-10H2,1-3H3;1H. The van der Waals surface area contributed by atoms with Gasteiger partial charge >= 0.3 is 0 Å². The highest BCUT2D eigenvalue weighted by atomic mass is 35.5. The minimum atomic E-state index is -3.62. The summed E-state index contributed by atoms with van der Waals surface area (Å²) in [4.78, 5) is 0.111. The number of halogens is 1. The first kappa shape index (κ1) is 19.0. The van der Waals surface area contributed by atoms with E-state index in [2.05, 4.69) is 5.32 Å². The second-order valence-corrected chi connectivity index (χ2v) is 6.94. The molecule has 1 heterocycles. The highest BCUT2D eigenvalue weighted by molar-refractivity contribution is 7.89. The van der Waals surface area contributed by atoms with Gasteiger partial charge < -0.3 is 14.8 Å². The van der Waals surface area contributed by atoms with Gasteiger partial charge in [-0.2, -0.15) is 4.31 Å². The van der Waals surface area contributed by atoms with E-state index < -0.39 is 10.0 Å². The summed E-state index contributed by atoms with van der Waals surface area (Å²) in [7, 11) is 1.18. The predicted molar refractivity (Wildman–Crippen MR) is 87.6 cm³/mol. The number of benzene rings is 1. The Morgan fingerprint density at radius 1 is 1.27 bits per heavy atom. The first-order valence-corrected chi connectivity index (χ1v) is 8.34. The van der Waals surface area contributed by atoms with Crippen molar-refractivity contribution in [3.8, 4) is 11.5 Å². The van der Waals surface area contributed by atoms with E-state index in [9.17, 15) is 8.42 Å². The van der Waals surface area contributed by atoms with E-state index in [0.29, 0.717) is 30.5 Å². The molecule has 8 heteroatoms. The molecular weight excluding hydrogens is 328 g/mol. The van der Waals surface area contributed by atoms with Crippen LogP contribution in [0.15, 0.2) is 23.1 Å². The van der Waals surface area contributed by atoms with Crippen LogP contribution in [0.3, 0.4) is 0 Å². The summed E-state index contributed by atoms with van der Waals surface area (Å²) < 4.78 is 37.7. The molecule has 1 fully saturated rings. The largest absolute Gasteiger partial charge is 0.495 e. The van der Waals surface area contributed by atoms with Crippen LogP contribution in [-0.2, 0) is 10.0 Å². The summed E-state index contributed by atoms with van der Waals surface area (Å²) in [5.74, 6) is 0.961. The number of hydrogen-bond acceptors (Lipinski definition) is 5. The lowest BCUT2D eigenvalue weighted by Gasteiger charge is -2.20. The lowest BCUT2D eigenvalue weighted by molar-refractivity contribution is 0.367. The molecule has 0 spiro atoms. The van der Waals surface area contributed by atoms with Crippen molar-refractivity contribution in [2.75, 3.05) is 40.9 Å². The molecule has 0 amide bonds. The lowest BCUT2D eigenvalue weighted by Crippen LogP contribution is -2.31. The van der Waals surface area contributed by atoms with Crippen LogP contribution in [-0.4, -0.2) is 53.6 Å². The fourth-order valence-corrected chi connectivity index (χ4v) is 4.49. The SMILES string of the molecule is CNCC1CCN(S(=O)(=O)c2c(OC)cccc2OC)C1.Cl. The summed E-state index contributed by atoms with van der Waals surface area (Å²) in [5, 5.41) is 3.10. The normalized spacial score (nSPS) is 18.8. The summed E-state index contributed by atoms with van der Waals surface area (Å²) in [6.07, 6.45) is 0.859. The van der Waals surface area contributed by atoms with Crippen LogP contribution in [0.2, 0.25) is 0 Å². The van der Waals surface area contributed by atoms with Gasteiger partial charge in [0.15, 0.2) is 4.90 Å². The zero-order valence-electron chi connectivity index (χ0n) is 13.0. The van der Waals surface area contributed by atoms with Gasteiger partial charge in [0, 0.05) is 13.1 Å². The smallest absolute Gasteiger partial charge is 0.250 e. The fraction of sp³-hybridized carbons (Fsp3) is 0.571. The van der Waals surface area contributed by atoms with E-state index in [1.165, 1.54) is 18.5 Å². The van der Waals surface area contributed by atoms with Crippen LogP contribution in [0, 0.1) is 5.92 Å². The maximum Gasteiger partial charge on any atom is 0.250 e. The maximum absolute atomic E-state index is 12.9. The Labute approximate surface area is 138 Å². The van der Waals surface area contributed by atoms with Gasteiger partial charge in [0.1, 0.15) is 11.5 Å². The molecule has 1 N–H and O–H groups in total. The quantitative estimate of drug-likeness (QED) is 0.839. The van der Waals surface area contributed by atoms with Crippen LogP contribution >= 0.6 is 12.4 Å². The van der Waals surface area contributed by atoms with E-state index in [0.717, 1.165) is 13.0 Å². The summed E-state index contributed by atoms with van der Waals surface area (Å²) in [6.45, 7) is 1.86. The topological polar surface area (TPSA) is 67.9 Å². The van der Waals surface area contributed by atoms with Crippen molar-refractivity contribution < 1.29 is 17.9 Å². The Balaban J connectivity index is 0.00000242. The molecule has 0 radical (unpaired) electrons. The summed E-state index contributed by atoms with van der Waals surface area (Å²) >= 11 is 0. The zero-order chi connectivity index (χ0) is 15.5. The Bertz CT molecular complexity index is 572. The molecule has 1 unspecified atom stereocenters. The van der Waals surface area contributed by atoms with Crippen LogP contribution in [0.1, 0.15) is 6.42 Å². The second-order valence-electron chi connectivity index (χ2n) is 5.07. The van der Waals surface area contributed by atoms with Gasteiger partial charge in [-0.15, -0.1) is 12.4 Å². The summed E-state index contributed by atoms with van der Waals surface area (Å²) in [6, 6.07) is 4.98. The van der Waals surface area contributed by atoms with Crippen LogP contribution in [0.4, 0.5) is 0 Å². The number of hydrogen-bond donors (Lipinski definition) is 1. The Morgan fingerprint density at radius 2 is 1.86 bits per heavy atom. The average molecular weight is 351 g/mol. The van der Waals surface area contributed by atoms with Crippen molar-refractivity contribution >= 4 is 22.4 Å². The van der Waals surface area contributed by atoms with Crippen LogP contribution in [0.25, 0.3) is 0 Å². The molecule has 0 bridgehead atoms. The molecule has 0 aromatic heterocycles. The maximum atomic E-state index is 12.9. The molecule has 1 aromatic rings. The van der Waals surface area contributed by atoms with E-state index in [1.54, 1.807) is 18.2 Å². The fourth-order valence-electron chi connectivity index (χ4n) is 2.67. The number of ether oxygens (including phenoxy) is 2. The third kappa shape index (κ3) is 3.65. The molecule has 1 aliphatic rings. The van der Waals surface area contributed by atoms with E-state index in [-0.39, 0.29) is 17.3 Å². The number of nitrogens with one attached hydrogen (secondary N) is 1. The van der Waals surface area contributed by atoms with Crippen molar-refractivity contribution in [1.82, 2.24) is 9.62 Å². The Morgan fingerprint density at radius 3 is 2.36 bits per heavy atom. The van der Waals surface area contributed by atoms with Gasteiger partial charge in [0.25, 0.3) is 0 Å². The second kappa shape index (κ2) is 8.01. The number of rotatable bonds is 6. The Hall–Kier alpha value is -1.02. The van der Waals surface area contributed by atoms with E-state index >= 15 is 0 Å². The van der Waals surface area contributed by atoms with Gasteiger partial charge in [-0.1, -0.05) is 6.07 Å². The number of methoxy groups -OCH3 is 2. The van der Waals surface area contributed by atoms with Gasteiger partial charge in [-0.3, -0.25) is 0 Å². The minimum absolute atomic E-state index is 0. The van der Waals surface area contributed by atoms with Crippen LogP contribution < -0.4 is 14.8 Å². The highest BCUT2D eigenvalue weighted by Gasteiger charge is 2.36. The molecule has 1 atom stereocenters. The first-order chi connectivity index (χ1) is 10.0. The molecular formula is C14H23ClN2O4S. The van der Waals surface area contributed by atoms with Gasteiger partial charge in [-0.25, -0.2) is 8.42 Å². The molecule has 22 heavy (non-hydrogen) atoms. The van der Waals surface area contributed by atoms with Gasteiger partial charge in [0.2, 0.25) is 10.0 Å². The summed E-state index contributed by atoms with van der Waals surface area (Å²) in [5.41, 5.74) is 0. The van der Waals surface area contributed by atoms with Crippen molar-refractivity contribution in [1.29, 1.82) is 0 Å². The molecule has 126 valence electrons. The molecule has 1 aromatic carbocycles. The molecule has 6 nitrogen and oxygen atoms in total. The van der Waals surface area contributed by atoms with Crippen LogP contribution in [0.5, 0.6) is 11.5 Å². The van der Waals surface area contributed by atoms with E-state index in [4.69, 9.17) is 9.47 Å². The van der Waals surface area contributed by atoms with Gasteiger partial charge in [-0.05, 0) is 38.1 Å². The van der Waals surface area contributed by atoms with Crippen molar-refractivity contribution in [2.24, 2.45) is 5.92 Å². The first-order valence-electron chi connectivity index (χ1n) is 6.90. The number of nitrogens with zero attached hydrogens (tertiary/aromatic N) is 1. The third-order valence-electron chi connectivity index (χ3n) is 3.72. The Kier molecular flexibility index (Phi) is 6.93. The molecule has 0 saturated carbocycles. The average Bonchev–Trinajstić information content (AvgIpc) is 2.96. The molecule has 0 aliphatic carbocycles. The zero-order valence-corrected chi connectivity index (χ0v) is 14.7. The van der Waals surface area contributed by atoms with Gasteiger partial charge in [0.05, 0.1) is 14.2 Å². The van der Waals surface area contributed by atoms with Crippen molar-refractivity contribution in [2.45, 2.75) is 11.3 Å². The molecule has 1 aliphatic heterocycles. The minimum Gasteiger partial charge on any atom is -0.495 e. The van der Waals surface area contributed by atoms with Crippen molar-refractivity contribution in [3.63, 3.8) is 0 Å².